The van der Waals surface area contributed by atoms with Crippen molar-refractivity contribution in [1.82, 2.24) is 5.06 Å². The van der Waals surface area contributed by atoms with E-state index >= 15 is 0 Å². The highest BCUT2D eigenvalue weighted by Gasteiger charge is 2.49. The second-order valence-corrected chi connectivity index (χ2v) is 12.8. The quantitative estimate of drug-likeness (QED) is 0.333. The van der Waals surface area contributed by atoms with Gasteiger partial charge in [0.05, 0.1) is 25.7 Å². The van der Waals surface area contributed by atoms with Crippen molar-refractivity contribution in [3.63, 3.8) is 0 Å². The van der Waals surface area contributed by atoms with Crippen molar-refractivity contribution in [2.24, 2.45) is 0 Å². The molecular formula is C33H38NO8. The van der Waals surface area contributed by atoms with Crippen molar-refractivity contribution in [2.45, 2.75) is 82.8 Å². The lowest BCUT2D eigenvalue weighted by Crippen LogP contribution is -2.55. The molecule has 0 saturated heterocycles. The van der Waals surface area contributed by atoms with Gasteiger partial charge in [-0.2, -0.15) is 0 Å². The third-order valence-corrected chi connectivity index (χ3v) is 8.76. The summed E-state index contributed by atoms with van der Waals surface area (Å²) in [7, 11) is 3.15. The monoisotopic (exact) mass is 576 g/mol. The predicted octanol–water partition coefficient (Wildman–Crippen LogP) is 5.64. The normalized spacial score (nSPS) is 26.5. The summed E-state index contributed by atoms with van der Waals surface area (Å²) in [6.45, 7) is 13.6. The molecule has 9 heteroatoms. The first-order chi connectivity index (χ1) is 19.8. The zero-order valence-corrected chi connectivity index (χ0v) is 25.2. The number of methoxy groups -OCH3 is 2. The minimum atomic E-state index is -0.864. The van der Waals surface area contributed by atoms with Crippen LogP contribution in [-0.4, -0.2) is 55.1 Å². The van der Waals surface area contributed by atoms with E-state index < -0.39 is 29.3 Å². The van der Waals surface area contributed by atoms with E-state index in [1.165, 1.54) is 0 Å². The summed E-state index contributed by atoms with van der Waals surface area (Å²) in [5.74, 6) is 2.26. The molecule has 0 N–H and O–H groups in total. The number of hydrogen-bond acceptors (Lipinski definition) is 8. The highest BCUT2D eigenvalue weighted by atomic mass is 16.6. The maximum atomic E-state index is 14.0. The number of carbonyl (C=O) groups is 1. The van der Waals surface area contributed by atoms with Crippen LogP contribution in [0.15, 0.2) is 48.1 Å². The third kappa shape index (κ3) is 4.50. The van der Waals surface area contributed by atoms with Crippen LogP contribution in [0.3, 0.4) is 0 Å². The van der Waals surface area contributed by atoms with E-state index in [4.69, 9.17) is 28.4 Å². The topological polar surface area (TPSA) is 95.6 Å². The van der Waals surface area contributed by atoms with Gasteiger partial charge in [0.15, 0.2) is 11.5 Å². The van der Waals surface area contributed by atoms with Crippen LogP contribution in [0, 0.1) is 0 Å². The molecular weight excluding hydrogens is 538 g/mol. The maximum absolute atomic E-state index is 14.0. The van der Waals surface area contributed by atoms with Crippen LogP contribution in [-0.2, 0) is 21.2 Å². The fourth-order valence-electron chi connectivity index (χ4n) is 6.81. The van der Waals surface area contributed by atoms with Gasteiger partial charge in [-0.1, -0.05) is 12.7 Å². The van der Waals surface area contributed by atoms with Gasteiger partial charge in [-0.05, 0) is 64.8 Å². The Labute approximate surface area is 246 Å². The lowest BCUT2D eigenvalue weighted by Gasteiger charge is -2.45. The molecule has 1 radical (unpaired) electrons. The van der Waals surface area contributed by atoms with Gasteiger partial charge in [0, 0.05) is 40.3 Å². The van der Waals surface area contributed by atoms with Crippen molar-refractivity contribution >= 4 is 5.97 Å². The van der Waals surface area contributed by atoms with Gasteiger partial charge in [0.25, 0.3) is 0 Å². The highest BCUT2D eigenvalue weighted by molar-refractivity contribution is 5.89. The number of benzene rings is 2. The van der Waals surface area contributed by atoms with Crippen molar-refractivity contribution < 1.29 is 38.4 Å². The van der Waals surface area contributed by atoms with Gasteiger partial charge >= 0.3 is 5.97 Å². The number of esters is 1. The average molecular weight is 577 g/mol. The van der Waals surface area contributed by atoms with Gasteiger partial charge in [-0.15, -0.1) is 10.3 Å². The molecule has 42 heavy (non-hydrogen) atoms. The minimum Gasteiger partial charge on any atom is -0.493 e. The molecule has 4 heterocycles. The molecule has 2 aromatic rings. The Hall–Kier alpha value is -3.69. The molecule has 0 saturated carbocycles. The molecule has 4 atom stereocenters. The Balaban J connectivity index is 1.46. The van der Waals surface area contributed by atoms with Crippen LogP contribution < -0.4 is 23.7 Å². The Kier molecular flexibility index (Phi) is 6.74. The largest absolute Gasteiger partial charge is 0.493 e. The van der Waals surface area contributed by atoms with Crippen LogP contribution in [0.4, 0.5) is 0 Å². The number of fused-ring (bicyclic) bond motifs is 6. The average Bonchev–Trinajstić information content (AvgIpc) is 3.40. The molecule has 0 unspecified atom stereocenters. The van der Waals surface area contributed by atoms with Crippen LogP contribution in [0.5, 0.6) is 28.7 Å². The summed E-state index contributed by atoms with van der Waals surface area (Å²) in [6.07, 6.45) is 1.32. The minimum absolute atomic E-state index is 0.152. The maximum Gasteiger partial charge on any atom is 0.334 e. The second-order valence-electron chi connectivity index (χ2n) is 12.8. The Morgan fingerprint density at radius 3 is 2.40 bits per heavy atom. The molecule has 0 spiro atoms. The fraction of sp³-hybridized carbons (Fsp3) is 0.485. The van der Waals surface area contributed by atoms with E-state index in [9.17, 15) is 10.0 Å². The Morgan fingerprint density at radius 1 is 1.02 bits per heavy atom. The summed E-state index contributed by atoms with van der Waals surface area (Å²) < 4.78 is 36.6. The number of hydrogen-bond donors (Lipinski definition) is 0. The van der Waals surface area contributed by atoms with Crippen molar-refractivity contribution in [2.75, 3.05) is 20.8 Å². The summed E-state index contributed by atoms with van der Waals surface area (Å²) in [6, 6.07) is 7.50. The van der Waals surface area contributed by atoms with Gasteiger partial charge in [-0.3, -0.25) is 0 Å². The number of ether oxygens (including phenoxy) is 6. The van der Waals surface area contributed by atoms with E-state index in [0.29, 0.717) is 35.0 Å². The summed E-state index contributed by atoms with van der Waals surface area (Å²) >= 11 is 0. The first-order valence-corrected chi connectivity index (χ1v) is 14.3. The third-order valence-electron chi connectivity index (χ3n) is 8.76. The number of nitrogens with zero attached hydrogens (tertiary/aromatic N) is 1. The van der Waals surface area contributed by atoms with Crippen LogP contribution >= 0.6 is 0 Å². The first kappa shape index (κ1) is 28.4. The lowest BCUT2D eigenvalue weighted by atomic mass is 9.79. The zero-order valence-electron chi connectivity index (χ0n) is 25.2. The summed E-state index contributed by atoms with van der Waals surface area (Å²) in [4.78, 5) is 14.0. The molecule has 6 rings (SSSR count). The number of rotatable bonds is 5. The molecule has 4 aliphatic heterocycles. The van der Waals surface area contributed by atoms with Crippen molar-refractivity contribution in [1.29, 1.82) is 0 Å². The SMILES string of the molecule is C=C(C)[C@H]1Cc2c(ccc3c2O[C@@H]2COc4cc(OC)c(OC)cc4[C@@H]2[C@@H]3OC(=O)C2=CC(C)(C)N([O])C(C)(C)C2)O1. The van der Waals surface area contributed by atoms with E-state index in [1.807, 2.05) is 52.8 Å². The molecule has 0 aliphatic carbocycles. The molecule has 4 aliphatic rings. The molecule has 223 valence electrons. The molecule has 0 bridgehead atoms. The lowest BCUT2D eigenvalue weighted by molar-refractivity contribution is -0.263. The summed E-state index contributed by atoms with van der Waals surface area (Å²) in [5.41, 5.74) is 2.26. The van der Waals surface area contributed by atoms with Crippen LogP contribution in [0.2, 0.25) is 0 Å². The summed E-state index contributed by atoms with van der Waals surface area (Å²) in [5, 5.41) is 14.0. The zero-order chi connectivity index (χ0) is 30.1. The smallest absolute Gasteiger partial charge is 0.334 e. The van der Waals surface area contributed by atoms with Crippen LogP contribution in [0.25, 0.3) is 0 Å². The van der Waals surface area contributed by atoms with Crippen LogP contribution in [0.1, 0.15) is 69.8 Å². The van der Waals surface area contributed by atoms with Gasteiger partial charge in [0.1, 0.15) is 42.2 Å². The molecule has 0 fully saturated rings. The van der Waals surface area contributed by atoms with Crippen molar-refractivity contribution in [3.05, 3.63) is 64.8 Å². The van der Waals surface area contributed by atoms with E-state index in [2.05, 4.69) is 6.58 Å². The van der Waals surface area contributed by atoms with Gasteiger partial charge in [-0.25, -0.2) is 4.79 Å². The number of carbonyl (C=O) groups excluding carboxylic acids is 1. The Bertz CT molecular complexity index is 1490. The Morgan fingerprint density at radius 2 is 1.74 bits per heavy atom. The van der Waals surface area contributed by atoms with Gasteiger partial charge < -0.3 is 28.4 Å². The highest BCUT2D eigenvalue weighted by Crippen LogP contribution is 2.55. The predicted molar refractivity (Wildman–Crippen MR) is 154 cm³/mol. The second kappa shape index (κ2) is 9.95. The molecule has 0 aromatic heterocycles. The molecule has 0 amide bonds. The first-order valence-electron chi connectivity index (χ1n) is 14.3. The molecule has 9 nitrogen and oxygen atoms in total. The number of hydroxylamine groups is 2. The standard InChI is InChI=1S/C33H38NO8/c1-17(2)23-12-21-22(40-23)10-9-19-29(21)41-27-16-39-24-13-26(38-8)25(37-7)11-20(24)28(27)30(19)42-31(35)18-14-32(3,4)34(36)33(5,6)15-18/h9-11,13-14,23,27-28,30H,1,12,15-16H2,2-8H3/t23-,27-,28+,30-/m1/s1. The molecule has 2 aromatic carbocycles. The van der Waals surface area contributed by atoms with E-state index in [-0.39, 0.29) is 25.0 Å². The van der Waals surface area contributed by atoms with Gasteiger partial charge in [0.2, 0.25) is 0 Å². The van der Waals surface area contributed by atoms with E-state index in [1.54, 1.807) is 26.4 Å². The van der Waals surface area contributed by atoms with Crippen molar-refractivity contribution in [3.8, 4) is 28.7 Å². The fourth-order valence-corrected chi connectivity index (χ4v) is 6.81. The van der Waals surface area contributed by atoms with E-state index in [0.717, 1.165) is 33.1 Å².